The maximum atomic E-state index is 12.3. The lowest BCUT2D eigenvalue weighted by Crippen LogP contribution is -2.42. The number of thioether (sulfide) groups is 1. The molecule has 1 aliphatic heterocycles. The van der Waals surface area contributed by atoms with Gasteiger partial charge in [0, 0.05) is 12.6 Å². The zero-order valence-corrected chi connectivity index (χ0v) is 13.5. The summed E-state index contributed by atoms with van der Waals surface area (Å²) in [6.45, 7) is 6.54. The van der Waals surface area contributed by atoms with Gasteiger partial charge in [0.15, 0.2) is 0 Å². The zero-order chi connectivity index (χ0) is 15.4. The van der Waals surface area contributed by atoms with Crippen LogP contribution in [0.2, 0.25) is 0 Å². The number of amides is 1. The van der Waals surface area contributed by atoms with Crippen molar-refractivity contribution in [3.8, 4) is 6.07 Å². The molecule has 1 fully saturated rings. The van der Waals surface area contributed by atoms with Gasteiger partial charge in [-0.2, -0.15) is 5.26 Å². The van der Waals surface area contributed by atoms with E-state index in [0.29, 0.717) is 33.9 Å². The molecule has 1 aliphatic rings. The molecule has 0 bridgehead atoms. The van der Waals surface area contributed by atoms with Crippen LogP contribution < -0.4 is 0 Å². The van der Waals surface area contributed by atoms with Crippen molar-refractivity contribution < 1.29 is 4.79 Å². The number of piperidine rings is 1. The summed E-state index contributed by atoms with van der Waals surface area (Å²) in [4.78, 5) is 22.8. The first kappa shape index (κ1) is 15.8. The van der Waals surface area contributed by atoms with Crippen LogP contribution in [0.15, 0.2) is 5.03 Å². The predicted molar refractivity (Wildman–Crippen MR) is 82.0 cm³/mol. The molecule has 0 N–H and O–H groups in total. The molecule has 2 heterocycles. The van der Waals surface area contributed by atoms with Gasteiger partial charge in [-0.3, -0.25) is 4.79 Å². The smallest absolute Gasteiger partial charge is 0.233 e. The van der Waals surface area contributed by atoms with E-state index in [1.165, 1.54) is 18.2 Å². The Kier molecular flexibility index (Phi) is 5.18. The van der Waals surface area contributed by atoms with Gasteiger partial charge in [-0.1, -0.05) is 11.8 Å². The highest BCUT2D eigenvalue weighted by Gasteiger charge is 2.23. The maximum absolute atomic E-state index is 12.3. The highest BCUT2D eigenvalue weighted by Crippen LogP contribution is 2.24. The van der Waals surface area contributed by atoms with Gasteiger partial charge in [-0.05, 0) is 40.0 Å². The molecule has 1 unspecified atom stereocenters. The fourth-order valence-electron chi connectivity index (χ4n) is 2.60. The topological polar surface area (TPSA) is 69.9 Å². The molecule has 0 aromatic carbocycles. The van der Waals surface area contributed by atoms with Crippen molar-refractivity contribution in [1.29, 1.82) is 5.26 Å². The molecule has 2 rings (SSSR count). The second-order valence-corrected chi connectivity index (χ2v) is 6.33. The Balaban J connectivity index is 2.06. The molecule has 1 saturated heterocycles. The first-order valence-corrected chi connectivity index (χ1v) is 8.19. The van der Waals surface area contributed by atoms with Crippen LogP contribution in [0.1, 0.15) is 43.3 Å². The number of hydrogen-bond donors (Lipinski definition) is 0. The summed E-state index contributed by atoms with van der Waals surface area (Å²) >= 11 is 1.34. The Morgan fingerprint density at radius 1 is 1.43 bits per heavy atom. The summed E-state index contributed by atoms with van der Waals surface area (Å²) in [6, 6.07) is 2.45. The zero-order valence-electron chi connectivity index (χ0n) is 12.7. The van der Waals surface area contributed by atoms with Gasteiger partial charge in [-0.15, -0.1) is 0 Å². The van der Waals surface area contributed by atoms with Crippen molar-refractivity contribution in [3.05, 3.63) is 17.1 Å². The quantitative estimate of drug-likeness (QED) is 0.633. The summed E-state index contributed by atoms with van der Waals surface area (Å²) in [6.07, 6.45) is 3.35. The molecule has 21 heavy (non-hydrogen) atoms. The van der Waals surface area contributed by atoms with E-state index in [-0.39, 0.29) is 5.91 Å². The number of hydrogen-bond acceptors (Lipinski definition) is 5. The van der Waals surface area contributed by atoms with Gasteiger partial charge in [0.2, 0.25) is 5.91 Å². The van der Waals surface area contributed by atoms with E-state index in [0.717, 1.165) is 19.4 Å². The van der Waals surface area contributed by atoms with Crippen LogP contribution in [0.5, 0.6) is 0 Å². The third-order valence-electron chi connectivity index (χ3n) is 3.74. The molecule has 6 heteroatoms. The summed E-state index contributed by atoms with van der Waals surface area (Å²) in [5.41, 5.74) is 1.15. The summed E-state index contributed by atoms with van der Waals surface area (Å²) < 4.78 is 0. The second-order valence-electron chi connectivity index (χ2n) is 5.37. The average molecular weight is 304 g/mol. The lowest BCUT2D eigenvalue weighted by molar-refractivity contribution is -0.131. The number of likely N-dealkylation sites (tertiary alicyclic amines) is 1. The SMILES string of the molecule is Cc1nc(C)c(C#N)c(SCC(=O)N2CCCCC2C)n1. The average Bonchev–Trinajstić information content (AvgIpc) is 2.44. The van der Waals surface area contributed by atoms with Crippen LogP contribution in [0, 0.1) is 25.2 Å². The van der Waals surface area contributed by atoms with E-state index in [2.05, 4.69) is 23.0 Å². The standard InChI is InChI=1S/C15H20N4OS/c1-10-6-4-5-7-19(10)14(20)9-21-15-13(8-16)11(2)17-12(3)18-15/h10H,4-7,9H2,1-3H3. The number of nitriles is 1. The normalized spacial score (nSPS) is 18.4. The fourth-order valence-corrected chi connectivity index (χ4v) is 3.56. The molecule has 1 aromatic heterocycles. The van der Waals surface area contributed by atoms with Crippen LogP contribution in [0.3, 0.4) is 0 Å². The van der Waals surface area contributed by atoms with Crippen molar-refractivity contribution in [1.82, 2.24) is 14.9 Å². The second kappa shape index (κ2) is 6.90. The number of aromatic nitrogens is 2. The van der Waals surface area contributed by atoms with Crippen LogP contribution in [0.4, 0.5) is 0 Å². The van der Waals surface area contributed by atoms with E-state index < -0.39 is 0 Å². The van der Waals surface area contributed by atoms with Gasteiger partial charge >= 0.3 is 0 Å². The van der Waals surface area contributed by atoms with Gasteiger partial charge < -0.3 is 4.90 Å². The van der Waals surface area contributed by atoms with Crippen molar-refractivity contribution in [2.24, 2.45) is 0 Å². The fraction of sp³-hybridized carbons (Fsp3) is 0.600. The van der Waals surface area contributed by atoms with Gasteiger partial charge in [0.05, 0.1) is 11.4 Å². The predicted octanol–water partition coefficient (Wildman–Crippen LogP) is 2.46. The summed E-state index contributed by atoms with van der Waals surface area (Å²) in [7, 11) is 0. The Bertz CT molecular complexity index is 582. The minimum absolute atomic E-state index is 0.130. The lowest BCUT2D eigenvalue weighted by atomic mass is 10.0. The van der Waals surface area contributed by atoms with E-state index in [4.69, 9.17) is 0 Å². The number of nitrogens with zero attached hydrogens (tertiary/aromatic N) is 4. The van der Waals surface area contributed by atoms with Crippen molar-refractivity contribution in [2.45, 2.75) is 51.1 Å². The molecule has 1 atom stereocenters. The minimum Gasteiger partial charge on any atom is -0.339 e. The number of carbonyl (C=O) groups is 1. The van der Waals surface area contributed by atoms with Crippen LogP contribution in [-0.2, 0) is 4.79 Å². The summed E-state index contributed by atoms with van der Waals surface area (Å²) in [5, 5.41) is 9.82. The molecule has 0 spiro atoms. The molecule has 1 amide bonds. The number of rotatable bonds is 3. The van der Waals surface area contributed by atoms with Crippen LogP contribution >= 0.6 is 11.8 Å². The maximum Gasteiger partial charge on any atom is 0.233 e. The Morgan fingerprint density at radius 2 is 2.19 bits per heavy atom. The monoisotopic (exact) mass is 304 g/mol. The van der Waals surface area contributed by atoms with Gasteiger partial charge in [0.1, 0.15) is 22.5 Å². The molecule has 112 valence electrons. The third-order valence-corrected chi connectivity index (χ3v) is 4.70. The van der Waals surface area contributed by atoms with E-state index in [9.17, 15) is 10.1 Å². The first-order chi connectivity index (χ1) is 10.0. The first-order valence-electron chi connectivity index (χ1n) is 7.20. The van der Waals surface area contributed by atoms with E-state index in [1.54, 1.807) is 13.8 Å². The number of aryl methyl sites for hydroxylation is 2. The van der Waals surface area contributed by atoms with Crippen molar-refractivity contribution >= 4 is 17.7 Å². The Hall–Kier alpha value is -1.61. The molecular formula is C15H20N4OS. The van der Waals surface area contributed by atoms with Crippen LogP contribution in [-0.4, -0.2) is 39.1 Å². The molecular weight excluding hydrogens is 284 g/mol. The molecule has 0 aliphatic carbocycles. The van der Waals surface area contributed by atoms with Crippen LogP contribution in [0.25, 0.3) is 0 Å². The highest BCUT2D eigenvalue weighted by atomic mass is 32.2. The molecule has 5 nitrogen and oxygen atoms in total. The van der Waals surface area contributed by atoms with Gasteiger partial charge in [-0.25, -0.2) is 9.97 Å². The Labute approximate surface area is 129 Å². The third kappa shape index (κ3) is 3.73. The Morgan fingerprint density at radius 3 is 2.86 bits per heavy atom. The lowest BCUT2D eigenvalue weighted by Gasteiger charge is -2.33. The largest absolute Gasteiger partial charge is 0.339 e. The molecule has 1 aromatic rings. The van der Waals surface area contributed by atoms with Gasteiger partial charge in [0.25, 0.3) is 0 Å². The van der Waals surface area contributed by atoms with Crippen molar-refractivity contribution in [2.75, 3.05) is 12.3 Å². The molecule has 0 radical (unpaired) electrons. The van der Waals surface area contributed by atoms with Crippen molar-refractivity contribution in [3.63, 3.8) is 0 Å². The minimum atomic E-state index is 0.130. The van der Waals surface area contributed by atoms with E-state index >= 15 is 0 Å². The number of carbonyl (C=O) groups excluding carboxylic acids is 1. The highest BCUT2D eigenvalue weighted by molar-refractivity contribution is 8.00. The van der Waals surface area contributed by atoms with E-state index in [1.807, 2.05) is 4.90 Å². The molecule has 0 saturated carbocycles. The summed E-state index contributed by atoms with van der Waals surface area (Å²) in [5.74, 6) is 1.09.